The summed E-state index contributed by atoms with van der Waals surface area (Å²) in [7, 11) is 0. The molecule has 82 valence electrons. The summed E-state index contributed by atoms with van der Waals surface area (Å²) in [5.41, 5.74) is 0. The molecule has 0 aromatic heterocycles. The fourth-order valence-electron chi connectivity index (χ4n) is 3.31. The van der Waals surface area contributed by atoms with Gasteiger partial charge in [-0.15, -0.1) is 0 Å². The Morgan fingerprint density at radius 1 is 1.13 bits per heavy atom. The summed E-state index contributed by atoms with van der Waals surface area (Å²) in [6, 6.07) is 0.805. The van der Waals surface area contributed by atoms with Crippen LogP contribution in [0.2, 0.25) is 0 Å². The minimum Gasteiger partial charge on any atom is -0.313 e. The fraction of sp³-hybridized carbons (Fsp3) is 0.714. The van der Waals surface area contributed by atoms with Crippen LogP contribution in [-0.2, 0) is 0 Å². The van der Waals surface area contributed by atoms with Crippen LogP contribution in [0.1, 0.15) is 32.1 Å². The van der Waals surface area contributed by atoms with Gasteiger partial charge in [0.2, 0.25) is 0 Å². The lowest BCUT2D eigenvalue weighted by Crippen LogP contribution is -2.49. The minimum absolute atomic E-state index is 0.805. The molecule has 0 aromatic rings. The number of rotatable bonds is 3. The highest BCUT2D eigenvalue weighted by Crippen LogP contribution is 2.42. The predicted molar refractivity (Wildman–Crippen MR) is 63.6 cm³/mol. The Balaban J connectivity index is 1.43. The minimum atomic E-state index is 0.805. The molecule has 0 radical (unpaired) electrons. The lowest BCUT2D eigenvalue weighted by molar-refractivity contribution is 0.157. The highest BCUT2D eigenvalue weighted by Gasteiger charge is 2.40. The van der Waals surface area contributed by atoms with Crippen molar-refractivity contribution in [1.29, 1.82) is 0 Å². The normalized spacial score (nSPS) is 42.7. The summed E-state index contributed by atoms with van der Waals surface area (Å²) in [5, 5.41) is 3.78. The van der Waals surface area contributed by atoms with Gasteiger partial charge in [-0.3, -0.25) is 0 Å². The summed E-state index contributed by atoms with van der Waals surface area (Å²) < 4.78 is 0. The zero-order valence-electron chi connectivity index (χ0n) is 9.36. The molecule has 4 unspecified atom stereocenters. The van der Waals surface area contributed by atoms with Gasteiger partial charge in [-0.1, -0.05) is 24.3 Å². The van der Waals surface area contributed by atoms with E-state index in [-0.39, 0.29) is 0 Å². The maximum atomic E-state index is 3.78. The quantitative estimate of drug-likeness (QED) is 0.695. The molecule has 3 aliphatic carbocycles. The first-order chi connectivity index (χ1) is 7.43. The van der Waals surface area contributed by atoms with Crippen molar-refractivity contribution in [3.63, 3.8) is 0 Å². The van der Waals surface area contributed by atoms with Crippen molar-refractivity contribution in [2.75, 3.05) is 6.54 Å². The van der Waals surface area contributed by atoms with Gasteiger partial charge in [0.25, 0.3) is 0 Å². The molecule has 0 aliphatic heterocycles. The van der Waals surface area contributed by atoms with E-state index in [0.717, 1.165) is 23.8 Å². The van der Waals surface area contributed by atoms with Crippen molar-refractivity contribution < 1.29 is 0 Å². The summed E-state index contributed by atoms with van der Waals surface area (Å²) in [6.45, 7) is 1.24. The summed E-state index contributed by atoms with van der Waals surface area (Å²) in [5.74, 6) is 2.78. The van der Waals surface area contributed by atoms with E-state index in [0.29, 0.717) is 0 Å². The third kappa shape index (κ3) is 1.90. The fourth-order valence-corrected chi connectivity index (χ4v) is 3.31. The smallest absolute Gasteiger partial charge is 0.0136 e. The molecule has 0 heterocycles. The third-order valence-electron chi connectivity index (χ3n) is 4.41. The zero-order chi connectivity index (χ0) is 10.1. The van der Waals surface area contributed by atoms with Crippen molar-refractivity contribution in [2.45, 2.75) is 38.1 Å². The van der Waals surface area contributed by atoms with Gasteiger partial charge in [0.1, 0.15) is 0 Å². The highest BCUT2D eigenvalue weighted by atomic mass is 14.9. The molecule has 1 N–H and O–H groups in total. The summed E-state index contributed by atoms with van der Waals surface area (Å²) >= 11 is 0. The molecule has 0 amide bonds. The van der Waals surface area contributed by atoms with Gasteiger partial charge < -0.3 is 5.32 Å². The van der Waals surface area contributed by atoms with E-state index in [4.69, 9.17) is 0 Å². The molecule has 4 atom stereocenters. The largest absolute Gasteiger partial charge is 0.313 e. The first-order valence-electron chi connectivity index (χ1n) is 6.48. The lowest BCUT2D eigenvalue weighted by Gasteiger charge is -2.41. The highest BCUT2D eigenvalue weighted by molar-refractivity contribution is 5.12. The first-order valence-corrected chi connectivity index (χ1v) is 6.48. The van der Waals surface area contributed by atoms with Crippen LogP contribution in [-0.4, -0.2) is 12.6 Å². The average Bonchev–Trinajstić information content (AvgIpc) is 2.62. The van der Waals surface area contributed by atoms with E-state index >= 15 is 0 Å². The summed E-state index contributed by atoms with van der Waals surface area (Å²) in [6.07, 6.45) is 16.2. The van der Waals surface area contributed by atoms with Crippen molar-refractivity contribution >= 4 is 0 Å². The van der Waals surface area contributed by atoms with Crippen molar-refractivity contribution in [3.05, 3.63) is 24.3 Å². The van der Waals surface area contributed by atoms with Crippen LogP contribution in [0.15, 0.2) is 24.3 Å². The van der Waals surface area contributed by atoms with E-state index in [1.165, 1.54) is 38.6 Å². The van der Waals surface area contributed by atoms with Crippen LogP contribution in [0.5, 0.6) is 0 Å². The van der Waals surface area contributed by atoms with Crippen molar-refractivity contribution in [3.8, 4) is 0 Å². The maximum absolute atomic E-state index is 3.78. The number of hydrogen-bond donors (Lipinski definition) is 1. The van der Waals surface area contributed by atoms with Gasteiger partial charge in [-0.25, -0.2) is 0 Å². The second-order valence-corrected chi connectivity index (χ2v) is 5.40. The number of nitrogens with one attached hydrogen (secondary N) is 1. The Kier molecular flexibility index (Phi) is 2.66. The van der Waals surface area contributed by atoms with Gasteiger partial charge in [-0.2, -0.15) is 0 Å². The van der Waals surface area contributed by atoms with Crippen LogP contribution in [0, 0.1) is 17.8 Å². The topological polar surface area (TPSA) is 12.0 Å². The van der Waals surface area contributed by atoms with Gasteiger partial charge in [0.05, 0.1) is 0 Å². The summed E-state index contributed by atoms with van der Waals surface area (Å²) in [4.78, 5) is 0. The monoisotopic (exact) mass is 203 g/mol. The molecule has 1 fully saturated rings. The Labute approximate surface area is 92.6 Å². The van der Waals surface area contributed by atoms with E-state index in [1.807, 2.05) is 0 Å². The molecule has 0 aromatic carbocycles. The van der Waals surface area contributed by atoms with E-state index in [1.54, 1.807) is 0 Å². The van der Waals surface area contributed by atoms with Crippen LogP contribution in [0.3, 0.4) is 0 Å². The van der Waals surface area contributed by atoms with Gasteiger partial charge in [-0.05, 0) is 56.4 Å². The molecular formula is C14H21N. The van der Waals surface area contributed by atoms with E-state index in [2.05, 4.69) is 29.6 Å². The molecule has 15 heavy (non-hydrogen) atoms. The lowest BCUT2D eigenvalue weighted by atomic mass is 9.71. The van der Waals surface area contributed by atoms with Crippen LogP contribution in [0.25, 0.3) is 0 Å². The Bertz CT molecular complexity index is 279. The maximum Gasteiger partial charge on any atom is 0.0136 e. The average molecular weight is 203 g/mol. The van der Waals surface area contributed by atoms with Crippen LogP contribution >= 0.6 is 0 Å². The second-order valence-electron chi connectivity index (χ2n) is 5.40. The molecule has 1 nitrogen and oxygen atoms in total. The standard InChI is InChI=1S/C14H21N/c1-2-5-11(6-3-1)10-15-14-9-12-7-4-8-13(12)14/h1-2,4,8,11-15H,3,5-7,9-10H2. The molecule has 1 saturated carbocycles. The van der Waals surface area contributed by atoms with Gasteiger partial charge in [0.15, 0.2) is 0 Å². The number of hydrogen-bond acceptors (Lipinski definition) is 1. The number of fused-ring (bicyclic) bond motifs is 1. The van der Waals surface area contributed by atoms with E-state index < -0.39 is 0 Å². The van der Waals surface area contributed by atoms with Crippen molar-refractivity contribution in [2.24, 2.45) is 17.8 Å². The molecule has 0 saturated heterocycles. The molecule has 3 aliphatic rings. The Morgan fingerprint density at radius 2 is 2.13 bits per heavy atom. The van der Waals surface area contributed by atoms with Gasteiger partial charge >= 0.3 is 0 Å². The SMILES string of the molecule is C1=CCC(CNC2CC3CC=CC32)CC1. The first kappa shape index (κ1) is 9.65. The van der Waals surface area contributed by atoms with Crippen LogP contribution in [0.4, 0.5) is 0 Å². The second kappa shape index (κ2) is 4.13. The molecular weight excluding hydrogens is 182 g/mol. The predicted octanol–water partition coefficient (Wildman–Crippen LogP) is 2.90. The Hall–Kier alpha value is -0.560. The molecule has 1 heteroatoms. The molecule has 3 rings (SSSR count). The zero-order valence-corrected chi connectivity index (χ0v) is 9.36. The molecule has 0 bridgehead atoms. The molecule has 0 spiro atoms. The Morgan fingerprint density at radius 3 is 2.93 bits per heavy atom. The third-order valence-corrected chi connectivity index (χ3v) is 4.41. The van der Waals surface area contributed by atoms with Crippen LogP contribution < -0.4 is 5.32 Å². The van der Waals surface area contributed by atoms with E-state index in [9.17, 15) is 0 Å². The van der Waals surface area contributed by atoms with Crippen molar-refractivity contribution in [1.82, 2.24) is 5.32 Å². The van der Waals surface area contributed by atoms with Gasteiger partial charge in [0, 0.05) is 6.04 Å². The number of allylic oxidation sites excluding steroid dienone is 3.